The Morgan fingerprint density at radius 1 is 1.38 bits per heavy atom. The molecule has 29 heavy (non-hydrogen) atoms. The van der Waals surface area contributed by atoms with Crippen molar-refractivity contribution in [2.45, 2.75) is 64.5 Å². The third kappa shape index (κ3) is 4.18. The Kier molecular flexibility index (Phi) is 6.04. The predicted molar refractivity (Wildman–Crippen MR) is 110 cm³/mol. The minimum absolute atomic E-state index is 0.00351. The first-order valence-electron chi connectivity index (χ1n) is 10.1. The molecule has 0 saturated carbocycles. The summed E-state index contributed by atoms with van der Waals surface area (Å²) in [6.07, 6.45) is -0.211. The zero-order valence-corrected chi connectivity index (χ0v) is 18.4. The van der Waals surface area contributed by atoms with Crippen molar-refractivity contribution in [1.29, 1.82) is 0 Å². The van der Waals surface area contributed by atoms with E-state index in [0.717, 1.165) is 0 Å². The van der Waals surface area contributed by atoms with Gasteiger partial charge in [0, 0.05) is 29.2 Å². The van der Waals surface area contributed by atoms with Crippen molar-refractivity contribution in [1.82, 2.24) is 15.5 Å². The van der Waals surface area contributed by atoms with Gasteiger partial charge in [0.05, 0.1) is 24.1 Å². The highest BCUT2D eigenvalue weighted by Crippen LogP contribution is 2.51. The van der Waals surface area contributed by atoms with Gasteiger partial charge in [-0.05, 0) is 18.8 Å². The van der Waals surface area contributed by atoms with Crippen molar-refractivity contribution in [2.75, 3.05) is 13.1 Å². The van der Waals surface area contributed by atoms with Gasteiger partial charge in [0.2, 0.25) is 11.8 Å². The average Bonchev–Trinajstić information content (AvgIpc) is 3.15. The molecule has 9 heteroatoms. The molecule has 162 valence electrons. The van der Waals surface area contributed by atoms with E-state index in [0.29, 0.717) is 24.4 Å². The highest BCUT2D eigenvalue weighted by molar-refractivity contribution is 8.03. The number of nitrogens with zero attached hydrogens (tertiary/aromatic N) is 1. The number of carboxylic acid groups (broad SMARTS) is 1. The maximum atomic E-state index is 12.4. The lowest BCUT2D eigenvalue weighted by Gasteiger charge is -2.46. The number of nitrogens with one attached hydrogen (secondary N) is 2. The summed E-state index contributed by atoms with van der Waals surface area (Å²) < 4.78 is 0. The summed E-state index contributed by atoms with van der Waals surface area (Å²) in [4.78, 5) is 38.7. The van der Waals surface area contributed by atoms with Crippen LogP contribution in [0.3, 0.4) is 0 Å². The van der Waals surface area contributed by atoms with Crippen LogP contribution in [-0.2, 0) is 14.4 Å². The maximum Gasteiger partial charge on any atom is 0.353 e. The summed E-state index contributed by atoms with van der Waals surface area (Å²) in [5.41, 5.74) is 0.0406. The molecule has 0 spiro atoms. The zero-order chi connectivity index (χ0) is 21.7. The number of rotatable bonds is 6. The van der Waals surface area contributed by atoms with Crippen LogP contribution in [-0.4, -0.2) is 69.4 Å². The fourth-order valence-electron chi connectivity index (χ4n) is 4.33. The van der Waals surface area contributed by atoms with Crippen molar-refractivity contribution in [3.63, 3.8) is 0 Å². The summed E-state index contributed by atoms with van der Waals surface area (Å²) in [6, 6.07) is -0.611. The third-order valence-electron chi connectivity index (χ3n) is 5.80. The summed E-state index contributed by atoms with van der Waals surface area (Å²) in [7, 11) is 0. The minimum Gasteiger partial charge on any atom is -0.477 e. The van der Waals surface area contributed by atoms with E-state index in [2.05, 4.69) is 31.4 Å². The number of aliphatic hydroxyl groups excluding tert-OH is 1. The van der Waals surface area contributed by atoms with Crippen LogP contribution in [0.4, 0.5) is 0 Å². The number of carboxylic acids is 1. The standard InChI is InChI=1S/C20H31N3O5S/c1-9-14-13(10(2)24)18(26)23(14)15(19(27)28)16(9)29-11-6-12(21-7-11)17(25)22-8-20(3,4)5/h9-14,21,24H,6-8H2,1-5H3,(H,22,25)(H,27,28)/t9-,10-,11+,12+,13-,14-/m1/s1. The quantitative estimate of drug-likeness (QED) is 0.464. The monoisotopic (exact) mass is 425 g/mol. The van der Waals surface area contributed by atoms with Gasteiger partial charge in [0.25, 0.3) is 0 Å². The minimum atomic E-state index is -1.12. The Bertz CT molecular complexity index is 745. The fourth-order valence-corrected chi connectivity index (χ4v) is 5.81. The number of thioether (sulfide) groups is 1. The number of aliphatic carboxylic acids is 1. The summed E-state index contributed by atoms with van der Waals surface area (Å²) >= 11 is 1.45. The number of amides is 2. The first-order valence-corrected chi connectivity index (χ1v) is 11.0. The Labute approximate surface area is 175 Å². The Morgan fingerprint density at radius 3 is 2.59 bits per heavy atom. The molecule has 3 aliphatic heterocycles. The van der Waals surface area contributed by atoms with Crippen molar-refractivity contribution >= 4 is 29.5 Å². The van der Waals surface area contributed by atoms with Crippen molar-refractivity contribution in [3.05, 3.63) is 10.6 Å². The molecule has 2 fully saturated rings. The molecule has 2 saturated heterocycles. The summed E-state index contributed by atoms with van der Waals surface area (Å²) in [5, 5.41) is 25.9. The Balaban J connectivity index is 1.68. The largest absolute Gasteiger partial charge is 0.477 e. The second-order valence-electron chi connectivity index (χ2n) is 9.49. The average molecular weight is 426 g/mol. The lowest BCUT2D eigenvalue weighted by molar-refractivity contribution is -0.163. The highest BCUT2D eigenvalue weighted by Gasteiger charge is 2.60. The van der Waals surface area contributed by atoms with E-state index >= 15 is 0 Å². The number of hydrogen-bond acceptors (Lipinski definition) is 6. The molecular formula is C20H31N3O5S. The highest BCUT2D eigenvalue weighted by atomic mass is 32.2. The van der Waals surface area contributed by atoms with Gasteiger partial charge >= 0.3 is 5.97 Å². The van der Waals surface area contributed by atoms with Crippen LogP contribution in [0.15, 0.2) is 10.6 Å². The van der Waals surface area contributed by atoms with Gasteiger partial charge in [-0.1, -0.05) is 27.7 Å². The lowest BCUT2D eigenvalue weighted by Crippen LogP contribution is -2.63. The number of β-lactam (4-membered cyclic amide) rings is 1. The van der Waals surface area contributed by atoms with Crippen LogP contribution in [0, 0.1) is 17.3 Å². The molecule has 3 rings (SSSR count). The first-order chi connectivity index (χ1) is 13.4. The molecule has 0 aliphatic carbocycles. The number of hydrogen-bond donors (Lipinski definition) is 4. The van der Waals surface area contributed by atoms with Gasteiger partial charge in [0.15, 0.2) is 0 Å². The molecule has 3 heterocycles. The Hall–Kier alpha value is -1.58. The van der Waals surface area contributed by atoms with Gasteiger partial charge in [0.1, 0.15) is 5.70 Å². The summed E-state index contributed by atoms with van der Waals surface area (Å²) in [6.45, 7) is 10.8. The molecule has 6 atom stereocenters. The summed E-state index contributed by atoms with van der Waals surface area (Å²) in [5.74, 6) is -2.20. The number of carbonyl (C=O) groups is 3. The van der Waals surface area contributed by atoms with Gasteiger partial charge in [-0.15, -0.1) is 11.8 Å². The molecule has 0 bridgehead atoms. The van der Waals surface area contributed by atoms with Crippen LogP contribution in [0.5, 0.6) is 0 Å². The zero-order valence-electron chi connectivity index (χ0n) is 17.6. The molecular weight excluding hydrogens is 394 g/mol. The predicted octanol–water partition coefficient (Wildman–Crippen LogP) is 0.766. The van der Waals surface area contributed by atoms with E-state index in [1.54, 1.807) is 6.92 Å². The second kappa shape index (κ2) is 7.92. The molecule has 0 aromatic rings. The van der Waals surface area contributed by atoms with Crippen LogP contribution in [0.2, 0.25) is 0 Å². The van der Waals surface area contributed by atoms with Gasteiger partial charge in [-0.2, -0.15) is 0 Å². The number of carbonyl (C=O) groups excluding carboxylic acids is 2. The molecule has 0 aromatic heterocycles. The van der Waals surface area contributed by atoms with Gasteiger partial charge in [-0.3, -0.25) is 9.59 Å². The molecule has 2 amide bonds. The molecule has 4 N–H and O–H groups in total. The maximum absolute atomic E-state index is 12.4. The number of aliphatic hydroxyl groups is 1. The van der Waals surface area contributed by atoms with Crippen LogP contribution >= 0.6 is 11.8 Å². The van der Waals surface area contributed by atoms with Crippen LogP contribution in [0.25, 0.3) is 0 Å². The normalized spacial score (nSPS) is 32.8. The first kappa shape index (κ1) is 22.1. The molecule has 0 radical (unpaired) electrons. The molecule has 8 nitrogen and oxygen atoms in total. The van der Waals surface area contributed by atoms with E-state index in [-0.39, 0.29) is 46.2 Å². The van der Waals surface area contributed by atoms with Crippen molar-refractivity contribution < 1.29 is 24.6 Å². The topological polar surface area (TPSA) is 119 Å². The fraction of sp³-hybridized carbons (Fsp3) is 0.750. The van der Waals surface area contributed by atoms with E-state index in [4.69, 9.17) is 0 Å². The SMILES string of the molecule is C[C@@H](O)[C@H]1C(=O)N2C(C(=O)O)=C(S[C@@H]3CN[C@H](C(=O)NCC(C)(C)C)C3)[C@H](C)[C@H]12. The molecule has 3 aliphatic rings. The number of fused-ring (bicyclic) bond motifs is 1. The van der Waals surface area contributed by atoms with E-state index in [1.165, 1.54) is 16.7 Å². The second-order valence-corrected chi connectivity index (χ2v) is 10.8. The van der Waals surface area contributed by atoms with Crippen LogP contribution in [0.1, 0.15) is 41.0 Å². The molecule has 0 aromatic carbocycles. The lowest BCUT2D eigenvalue weighted by atomic mass is 9.79. The van der Waals surface area contributed by atoms with Crippen LogP contribution < -0.4 is 10.6 Å². The van der Waals surface area contributed by atoms with Crippen molar-refractivity contribution in [3.8, 4) is 0 Å². The Morgan fingerprint density at radius 2 is 2.03 bits per heavy atom. The smallest absolute Gasteiger partial charge is 0.353 e. The molecule has 0 unspecified atom stereocenters. The third-order valence-corrected chi connectivity index (χ3v) is 7.32. The van der Waals surface area contributed by atoms with Gasteiger partial charge < -0.3 is 25.7 Å². The van der Waals surface area contributed by atoms with E-state index in [1.807, 2.05) is 6.92 Å². The van der Waals surface area contributed by atoms with Crippen molar-refractivity contribution in [2.24, 2.45) is 17.3 Å². The van der Waals surface area contributed by atoms with E-state index in [9.17, 15) is 24.6 Å². The van der Waals surface area contributed by atoms with E-state index < -0.39 is 18.0 Å². The van der Waals surface area contributed by atoms with Gasteiger partial charge in [-0.25, -0.2) is 4.79 Å².